The minimum absolute atomic E-state index is 0.0431. The molecule has 0 aromatic carbocycles. The van der Waals surface area contributed by atoms with Gasteiger partial charge in [-0.3, -0.25) is 0 Å². The molecule has 1 nitrogen and oxygen atoms in total. The van der Waals surface area contributed by atoms with E-state index in [1.54, 1.807) is 0 Å². The molecule has 1 aliphatic carbocycles. The molecule has 0 aromatic rings. The van der Waals surface area contributed by atoms with Crippen molar-refractivity contribution in [2.24, 2.45) is 0 Å². The van der Waals surface area contributed by atoms with Gasteiger partial charge < -0.3 is 5.11 Å². The van der Waals surface area contributed by atoms with Crippen molar-refractivity contribution < 1.29 is 9.50 Å². The highest BCUT2D eigenvalue weighted by Crippen LogP contribution is 2.37. The fourth-order valence-electron chi connectivity index (χ4n) is 0.881. The van der Waals surface area contributed by atoms with E-state index in [9.17, 15) is 4.39 Å². The number of allylic oxidation sites excluding steroid dienone is 3. The lowest BCUT2D eigenvalue weighted by Crippen LogP contribution is -2.16. The van der Waals surface area contributed by atoms with Gasteiger partial charge in [0.05, 0.1) is 6.61 Å². The van der Waals surface area contributed by atoms with Gasteiger partial charge in [-0.25, -0.2) is 4.39 Å². The van der Waals surface area contributed by atoms with Crippen LogP contribution in [-0.4, -0.2) is 21.7 Å². The minimum atomic E-state index is -1.81. The summed E-state index contributed by atoms with van der Waals surface area (Å²) in [5, 5.41) is 8.77. The number of aliphatic hydroxyl groups excluding tert-OH is 1. The van der Waals surface area contributed by atoms with Crippen molar-refractivity contribution in [2.45, 2.75) is 9.96 Å². The second kappa shape index (κ2) is 4.55. The van der Waals surface area contributed by atoms with E-state index in [0.29, 0.717) is 5.57 Å². The van der Waals surface area contributed by atoms with Gasteiger partial charge >= 0.3 is 0 Å². The highest BCUT2D eigenvalue weighted by Gasteiger charge is 2.31. The lowest BCUT2D eigenvalue weighted by Gasteiger charge is -2.15. The maximum Gasteiger partial charge on any atom is 0.216 e. The molecular formula is C9H6Cl3FO. The van der Waals surface area contributed by atoms with Crippen LogP contribution in [0.5, 0.6) is 0 Å². The van der Waals surface area contributed by atoms with Crippen molar-refractivity contribution in [3.05, 3.63) is 23.3 Å². The van der Waals surface area contributed by atoms with E-state index in [2.05, 4.69) is 11.8 Å². The monoisotopic (exact) mass is 254 g/mol. The normalized spacial score (nSPS) is 21.6. The van der Waals surface area contributed by atoms with Gasteiger partial charge in [0, 0.05) is 11.1 Å². The van der Waals surface area contributed by atoms with Gasteiger partial charge in [-0.15, -0.1) is 0 Å². The first kappa shape index (κ1) is 11.9. The Kier molecular flexibility index (Phi) is 3.86. The highest BCUT2D eigenvalue weighted by molar-refractivity contribution is 6.69. The van der Waals surface area contributed by atoms with Gasteiger partial charge in [0.15, 0.2) is 6.17 Å². The fourth-order valence-corrected chi connectivity index (χ4v) is 1.36. The number of hydrogen-bond donors (Lipinski definition) is 1. The number of alkyl halides is 4. The summed E-state index contributed by atoms with van der Waals surface area (Å²) < 4.78 is 11.5. The van der Waals surface area contributed by atoms with Gasteiger partial charge in [0.2, 0.25) is 3.79 Å². The quantitative estimate of drug-likeness (QED) is 0.564. The first-order valence-corrected chi connectivity index (χ1v) is 4.83. The van der Waals surface area contributed by atoms with Gasteiger partial charge in [0.1, 0.15) is 0 Å². The molecule has 1 aliphatic rings. The van der Waals surface area contributed by atoms with Crippen LogP contribution in [0.1, 0.15) is 0 Å². The molecule has 5 heteroatoms. The van der Waals surface area contributed by atoms with Gasteiger partial charge in [-0.1, -0.05) is 52.7 Å². The zero-order chi connectivity index (χ0) is 10.8. The van der Waals surface area contributed by atoms with E-state index in [0.717, 1.165) is 0 Å². The summed E-state index contributed by atoms with van der Waals surface area (Å²) in [6.45, 7) is -0.261. The van der Waals surface area contributed by atoms with E-state index in [1.807, 2.05) is 0 Å². The molecule has 0 saturated heterocycles. The highest BCUT2D eigenvalue weighted by atomic mass is 35.6. The lowest BCUT2D eigenvalue weighted by molar-refractivity contribution is 0.336. The third-order valence-corrected chi connectivity index (χ3v) is 2.25. The molecule has 0 aliphatic heterocycles. The van der Waals surface area contributed by atoms with E-state index in [-0.39, 0.29) is 12.2 Å². The summed E-state index contributed by atoms with van der Waals surface area (Å²) in [7, 11) is 0. The fraction of sp³-hybridized carbons (Fsp3) is 0.333. The molecule has 0 bridgehead atoms. The molecule has 0 heterocycles. The summed E-state index contributed by atoms with van der Waals surface area (Å²) in [4.78, 5) is 0. The molecule has 0 fully saturated rings. The van der Waals surface area contributed by atoms with Crippen molar-refractivity contribution in [2.75, 3.05) is 6.61 Å². The first-order valence-electron chi connectivity index (χ1n) is 3.69. The van der Waals surface area contributed by atoms with E-state index in [4.69, 9.17) is 39.9 Å². The SMILES string of the molecule is OCC1=CC=C(C(Cl)(Cl)Cl)C(F)C#C1. The molecule has 0 spiro atoms. The Morgan fingerprint density at radius 3 is 2.57 bits per heavy atom. The third kappa shape index (κ3) is 2.90. The zero-order valence-electron chi connectivity index (χ0n) is 6.90. The van der Waals surface area contributed by atoms with Crippen molar-refractivity contribution in [1.29, 1.82) is 0 Å². The Labute approximate surface area is 96.1 Å². The van der Waals surface area contributed by atoms with Crippen LogP contribution in [0, 0.1) is 11.8 Å². The molecule has 76 valence electrons. The maximum atomic E-state index is 13.3. The Bertz CT molecular complexity index is 343. The maximum absolute atomic E-state index is 13.3. The average Bonchev–Trinajstić information content (AvgIpc) is 2.25. The Hall–Kier alpha value is -0.200. The third-order valence-electron chi connectivity index (χ3n) is 1.59. The van der Waals surface area contributed by atoms with Crippen molar-refractivity contribution >= 4 is 34.8 Å². The molecular weight excluding hydrogens is 249 g/mol. The summed E-state index contributed by atoms with van der Waals surface area (Å²) in [6, 6.07) is 0. The predicted molar refractivity (Wildman–Crippen MR) is 56.2 cm³/mol. The molecule has 0 radical (unpaired) electrons. The molecule has 0 saturated carbocycles. The second-order valence-electron chi connectivity index (χ2n) is 2.60. The van der Waals surface area contributed by atoms with Crippen molar-refractivity contribution in [3.63, 3.8) is 0 Å². The van der Waals surface area contributed by atoms with Crippen LogP contribution < -0.4 is 0 Å². The van der Waals surface area contributed by atoms with Crippen molar-refractivity contribution in [1.82, 2.24) is 0 Å². The average molecular weight is 256 g/mol. The predicted octanol–water partition coefficient (Wildman–Crippen LogP) is 2.56. The topological polar surface area (TPSA) is 20.2 Å². The molecule has 1 rings (SSSR count). The number of aliphatic hydroxyl groups is 1. The van der Waals surface area contributed by atoms with E-state index in [1.165, 1.54) is 12.2 Å². The Morgan fingerprint density at radius 2 is 2.07 bits per heavy atom. The standard InChI is InChI=1S/C9H6Cl3FO/c10-9(11,12)7-3-1-6(5-14)2-4-8(7)13/h1,3,8,14H,5H2. The number of rotatable bonds is 1. The lowest BCUT2D eigenvalue weighted by atomic mass is 10.2. The smallest absolute Gasteiger partial charge is 0.216 e. The van der Waals surface area contributed by atoms with Crippen LogP contribution >= 0.6 is 34.8 Å². The van der Waals surface area contributed by atoms with Crippen LogP contribution in [0.4, 0.5) is 4.39 Å². The van der Waals surface area contributed by atoms with Gasteiger partial charge in [0.25, 0.3) is 0 Å². The van der Waals surface area contributed by atoms with E-state index < -0.39 is 9.96 Å². The first-order chi connectivity index (χ1) is 6.45. The van der Waals surface area contributed by atoms with Crippen LogP contribution in [0.25, 0.3) is 0 Å². The summed E-state index contributed by atoms with van der Waals surface area (Å²) in [5.41, 5.74) is 0.343. The molecule has 0 aromatic heterocycles. The van der Waals surface area contributed by atoms with E-state index >= 15 is 0 Å². The molecule has 1 unspecified atom stereocenters. The largest absolute Gasteiger partial charge is 0.391 e. The van der Waals surface area contributed by atoms with Gasteiger partial charge in [-0.2, -0.15) is 0 Å². The molecule has 1 atom stereocenters. The minimum Gasteiger partial charge on any atom is -0.391 e. The summed E-state index contributed by atoms with van der Waals surface area (Å²) in [5.74, 6) is 4.68. The van der Waals surface area contributed by atoms with Gasteiger partial charge in [-0.05, 0) is 6.08 Å². The van der Waals surface area contributed by atoms with Crippen LogP contribution in [0.15, 0.2) is 23.3 Å². The number of hydrogen-bond acceptors (Lipinski definition) is 1. The number of halogens is 4. The summed E-state index contributed by atoms with van der Waals surface area (Å²) in [6.07, 6.45) is 1.13. The second-order valence-corrected chi connectivity index (χ2v) is 4.88. The molecule has 0 amide bonds. The zero-order valence-corrected chi connectivity index (χ0v) is 9.17. The Morgan fingerprint density at radius 1 is 1.43 bits per heavy atom. The van der Waals surface area contributed by atoms with Crippen LogP contribution in [-0.2, 0) is 0 Å². The molecule has 14 heavy (non-hydrogen) atoms. The van der Waals surface area contributed by atoms with Crippen molar-refractivity contribution in [3.8, 4) is 11.8 Å². The molecule has 1 N–H and O–H groups in total. The Balaban J connectivity index is 3.06. The van der Waals surface area contributed by atoms with Crippen LogP contribution in [0.3, 0.4) is 0 Å². The summed E-state index contributed by atoms with van der Waals surface area (Å²) >= 11 is 16.6. The van der Waals surface area contributed by atoms with Crippen LogP contribution in [0.2, 0.25) is 0 Å².